The first-order chi connectivity index (χ1) is 11.0. The van der Waals surface area contributed by atoms with Gasteiger partial charge in [-0.3, -0.25) is 0 Å². The molecule has 3 nitrogen and oxygen atoms in total. The molecule has 0 aliphatic carbocycles. The van der Waals surface area contributed by atoms with E-state index in [2.05, 4.69) is 22.5 Å². The van der Waals surface area contributed by atoms with Gasteiger partial charge in [0.1, 0.15) is 19.0 Å². The average Bonchev–Trinajstić information content (AvgIpc) is 2.54. The van der Waals surface area contributed by atoms with Gasteiger partial charge in [0.2, 0.25) is 0 Å². The highest BCUT2D eigenvalue weighted by Crippen LogP contribution is 2.28. The Bertz CT molecular complexity index is 732. The first-order valence-corrected chi connectivity index (χ1v) is 8.20. The van der Waals surface area contributed by atoms with E-state index in [0.717, 1.165) is 5.56 Å². The third-order valence-corrected chi connectivity index (χ3v) is 4.24. The minimum atomic E-state index is -0.415. The summed E-state index contributed by atoms with van der Waals surface area (Å²) < 4.78 is 11.4. The standard InChI is InChI=1S/C17H13BrCl2O3/c1-2-7-22-17(21)12-4-6-16(13(18)9-12)23-10-11-3-5-14(19)15(20)8-11/h2-6,8-9H,1,7,10H2. The van der Waals surface area contributed by atoms with Gasteiger partial charge in [-0.15, -0.1) is 0 Å². The molecule has 0 amide bonds. The van der Waals surface area contributed by atoms with Gasteiger partial charge in [-0.25, -0.2) is 4.79 Å². The van der Waals surface area contributed by atoms with Gasteiger partial charge >= 0.3 is 5.97 Å². The Morgan fingerprint density at radius 3 is 2.61 bits per heavy atom. The van der Waals surface area contributed by atoms with Crippen LogP contribution in [0.5, 0.6) is 5.75 Å². The molecule has 0 aromatic heterocycles. The molecule has 0 saturated heterocycles. The van der Waals surface area contributed by atoms with Crippen molar-refractivity contribution in [2.75, 3.05) is 6.61 Å². The molecule has 0 atom stereocenters. The van der Waals surface area contributed by atoms with E-state index in [4.69, 9.17) is 32.7 Å². The lowest BCUT2D eigenvalue weighted by Gasteiger charge is -2.10. The second-order valence-corrected chi connectivity index (χ2v) is 6.24. The molecule has 120 valence electrons. The highest BCUT2D eigenvalue weighted by Gasteiger charge is 2.10. The smallest absolute Gasteiger partial charge is 0.338 e. The summed E-state index contributed by atoms with van der Waals surface area (Å²) in [5.74, 6) is 0.193. The second-order valence-electron chi connectivity index (χ2n) is 4.57. The molecule has 0 unspecified atom stereocenters. The van der Waals surface area contributed by atoms with Gasteiger partial charge in [0.05, 0.1) is 20.1 Å². The maximum absolute atomic E-state index is 11.8. The SMILES string of the molecule is C=CCOC(=O)c1ccc(OCc2ccc(Cl)c(Cl)c2)c(Br)c1. The maximum atomic E-state index is 11.8. The van der Waals surface area contributed by atoms with Gasteiger partial charge in [-0.2, -0.15) is 0 Å². The Hall–Kier alpha value is -1.49. The lowest BCUT2D eigenvalue weighted by Crippen LogP contribution is -2.05. The van der Waals surface area contributed by atoms with Crippen LogP contribution in [0.3, 0.4) is 0 Å². The summed E-state index contributed by atoms with van der Waals surface area (Å²) >= 11 is 15.2. The molecule has 2 rings (SSSR count). The van der Waals surface area contributed by atoms with E-state index >= 15 is 0 Å². The first kappa shape index (κ1) is 17.9. The summed E-state index contributed by atoms with van der Waals surface area (Å²) in [6.45, 7) is 4.00. The molecule has 6 heteroatoms. The average molecular weight is 416 g/mol. The topological polar surface area (TPSA) is 35.5 Å². The first-order valence-electron chi connectivity index (χ1n) is 6.65. The van der Waals surface area contributed by atoms with Crippen molar-refractivity contribution in [3.05, 3.63) is 74.7 Å². The summed E-state index contributed by atoms with van der Waals surface area (Å²) in [6.07, 6.45) is 1.52. The minimum absolute atomic E-state index is 0.173. The van der Waals surface area contributed by atoms with E-state index in [1.165, 1.54) is 6.08 Å². The molecule has 0 N–H and O–H groups in total. The molecular weight excluding hydrogens is 403 g/mol. The van der Waals surface area contributed by atoms with Crippen LogP contribution in [-0.4, -0.2) is 12.6 Å². The number of esters is 1. The quantitative estimate of drug-likeness (QED) is 0.449. The Morgan fingerprint density at radius 2 is 1.96 bits per heavy atom. The highest BCUT2D eigenvalue weighted by molar-refractivity contribution is 9.10. The van der Waals surface area contributed by atoms with Crippen molar-refractivity contribution in [1.82, 2.24) is 0 Å². The third kappa shape index (κ3) is 4.99. The van der Waals surface area contributed by atoms with Crippen molar-refractivity contribution < 1.29 is 14.3 Å². The van der Waals surface area contributed by atoms with E-state index in [9.17, 15) is 4.79 Å². The fraction of sp³-hybridized carbons (Fsp3) is 0.118. The zero-order chi connectivity index (χ0) is 16.8. The van der Waals surface area contributed by atoms with Crippen LogP contribution in [0.4, 0.5) is 0 Å². The van der Waals surface area contributed by atoms with E-state index in [1.54, 1.807) is 30.3 Å². The monoisotopic (exact) mass is 414 g/mol. The van der Waals surface area contributed by atoms with E-state index in [1.807, 2.05) is 6.07 Å². The number of carbonyl (C=O) groups is 1. The fourth-order valence-electron chi connectivity index (χ4n) is 1.75. The van der Waals surface area contributed by atoms with Crippen LogP contribution in [0.1, 0.15) is 15.9 Å². The predicted molar refractivity (Wildman–Crippen MR) is 95.4 cm³/mol. The summed E-state index contributed by atoms with van der Waals surface area (Å²) in [4.78, 5) is 11.8. The normalized spacial score (nSPS) is 10.2. The van der Waals surface area contributed by atoms with Crippen LogP contribution in [-0.2, 0) is 11.3 Å². The van der Waals surface area contributed by atoms with E-state index in [0.29, 0.717) is 32.4 Å². The molecule has 2 aromatic rings. The van der Waals surface area contributed by atoms with Gasteiger partial charge in [0.15, 0.2) is 0 Å². The zero-order valence-electron chi connectivity index (χ0n) is 12.0. The number of ether oxygens (including phenoxy) is 2. The molecule has 23 heavy (non-hydrogen) atoms. The van der Waals surface area contributed by atoms with Crippen LogP contribution >= 0.6 is 39.1 Å². The molecule has 2 aromatic carbocycles. The Kier molecular flexibility index (Phi) is 6.51. The Balaban J connectivity index is 2.04. The van der Waals surface area contributed by atoms with Gasteiger partial charge in [0, 0.05) is 0 Å². The van der Waals surface area contributed by atoms with Crippen LogP contribution in [0.25, 0.3) is 0 Å². The van der Waals surface area contributed by atoms with Crippen LogP contribution in [0.2, 0.25) is 10.0 Å². The van der Waals surface area contributed by atoms with Gasteiger partial charge in [-0.1, -0.05) is 41.9 Å². The molecule has 0 radical (unpaired) electrons. The van der Waals surface area contributed by atoms with Crippen molar-refractivity contribution in [2.24, 2.45) is 0 Å². The molecule has 0 heterocycles. The number of hydrogen-bond donors (Lipinski definition) is 0. The van der Waals surface area contributed by atoms with Crippen molar-refractivity contribution in [3.63, 3.8) is 0 Å². The fourth-order valence-corrected chi connectivity index (χ4v) is 2.57. The summed E-state index contributed by atoms with van der Waals surface area (Å²) in [6, 6.07) is 10.3. The molecular formula is C17H13BrCl2O3. The van der Waals surface area contributed by atoms with E-state index < -0.39 is 5.97 Å². The zero-order valence-corrected chi connectivity index (χ0v) is 15.1. The molecule has 0 aliphatic heterocycles. The highest BCUT2D eigenvalue weighted by atomic mass is 79.9. The van der Waals surface area contributed by atoms with Gasteiger partial charge in [-0.05, 0) is 51.8 Å². The van der Waals surface area contributed by atoms with Crippen molar-refractivity contribution in [1.29, 1.82) is 0 Å². The molecule has 0 fully saturated rings. The summed E-state index contributed by atoms with van der Waals surface area (Å²) in [5, 5.41) is 0.978. The molecule has 0 aliphatic rings. The third-order valence-electron chi connectivity index (χ3n) is 2.88. The van der Waals surface area contributed by atoms with Crippen LogP contribution in [0, 0.1) is 0 Å². The lowest BCUT2D eigenvalue weighted by molar-refractivity contribution is 0.0549. The summed E-state index contributed by atoms with van der Waals surface area (Å²) in [5.41, 5.74) is 1.32. The number of carbonyl (C=O) groups excluding carboxylic acids is 1. The van der Waals surface area contributed by atoms with Gasteiger partial charge in [0.25, 0.3) is 0 Å². The number of rotatable bonds is 6. The van der Waals surface area contributed by atoms with E-state index in [-0.39, 0.29) is 6.61 Å². The van der Waals surface area contributed by atoms with Crippen LogP contribution in [0.15, 0.2) is 53.5 Å². The van der Waals surface area contributed by atoms with Crippen molar-refractivity contribution in [2.45, 2.75) is 6.61 Å². The minimum Gasteiger partial charge on any atom is -0.488 e. The Morgan fingerprint density at radius 1 is 1.17 bits per heavy atom. The maximum Gasteiger partial charge on any atom is 0.338 e. The largest absolute Gasteiger partial charge is 0.488 e. The van der Waals surface area contributed by atoms with Crippen LogP contribution < -0.4 is 4.74 Å². The predicted octanol–water partition coefficient (Wildman–Crippen LogP) is 5.68. The lowest BCUT2D eigenvalue weighted by atomic mass is 10.2. The molecule has 0 spiro atoms. The van der Waals surface area contributed by atoms with Crippen molar-refractivity contribution >= 4 is 45.1 Å². The molecule has 0 bridgehead atoms. The number of halogens is 3. The molecule has 0 saturated carbocycles. The second kappa shape index (κ2) is 8.39. The number of hydrogen-bond acceptors (Lipinski definition) is 3. The van der Waals surface area contributed by atoms with Crippen molar-refractivity contribution in [3.8, 4) is 5.75 Å². The summed E-state index contributed by atoms with van der Waals surface area (Å²) in [7, 11) is 0. The Labute approximate surface area is 152 Å². The van der Waals surface area contributed by atoms with Gasteiger partial charge < -0.3 is 9.47 Å². The number of benzene rings is 2.